The summed E-state index contributed by atoms with van der Waals surface area (Å²) < 4.78 is 0. The Kier molecular flexibility index (Phi) is 4.00. The van der Waals surface area contributed by atoms with E-state index in [4.69, 9.17) is 0 Å². The molecule has 0 spiro atoms. The molecular formula is C21H28O6. The molecule has 6 heteroatoms. The van der Waals surface area contributed by atoms with E-state index in [-0.39, 0.29) is 36.4 Å². The highest BCUT2D eigenvalue weighted by Gasteiger charge is 2.69. The van der Waals surface area contributed by atoms with Gasteiger partial charge in [-0.1, -0.05) is 19.4 Å². The van der Waals surface area contributed by atoms with Crippen LogP contribution in [0, 0.1) is 34.5 Å². The second-order valence-electron chi connectivity index (χ2n) is 9.66. The predicted octanol–water partition coefficient (Wildman–Crippen LogP) is 1.73. The van der Waals surface area contributed by atoms with Gasteiger partial charge < -0.3 is 20.1 Å². The number of aliphatic hydroxyl groups is 2. The minimum atomic E-state index is -1.81. The molecule has 0 aromatic heterocycles. The molecule has 0 heterocycles. The second-order valence-corrected chi connectivity index (χ2v) is 9.66. The van der Waals surface area contributed by atoms with Gasteiger partial charge in [-0.2, -0.15) is 0 Å². The van der Waals surface area contributed by atoms with Crippen molar-refractivity contribution in [2.45, 2.75) is 64.1 Å². The van der Waals surface area contributed by atoms with E-state index in [0.29, 0.717) is 19.1 Å². The maximum absolute atomic E-state index is 12.2. The Morgan fingerprint density at radius 2 is 1.96 bits per heavy atom. The zero-order valence-corrected chi connectivity index (χ0v) is 15.9. The van der Waals surface area contributed by atoms with Crippen molar-refractivity contribution in [3.05, 3.63) is 11.6 Å². The highest BCUT2D eigenvalue weighted by molar-refractivity contribution is 6.02. The number of carboxylic acid groups (broad SMARTS) is 1. The van der Waals surface area contributed by atoms with E-state index < -0.39 is 34.4 Å². The van der Waals surface area contributed by atoms with E-state index in [1.165, 1.54) is 0 Å². The molecule has 8 unspecified atom stereocenters. The molecule has 148 valence electrons. The number of aliphatic carboxylic acids is 1. The van der Waals surface area contributed by atoms with E-state index >= 15 is 0 Å². The Hall–Kier alpha value is -1.53. The van der Waals surface area contributed by atoms with Crippen LogP contribution in [0.4, 0.5) is 0 Å². The van der Waals surface area contributed by atoms with Crippen LogP contribution >= 0.6 is 0 Å². The normalized spacial score (nSPS) is 51.6. The minimum Gasteiger partial charge on any atom is -0.479 e. The third-order valence-corrected chi connectivity index (χ3v) is 8.67. The predicted molar refractivity (Wildman–Crippen MR) is 95.6 cm³/mol. The molecule has 27 heavy (non-hydrogen) atoms. The number of carboxylic acids is 1. The summed E-state index contributed by atoms with van der Waals surface area (Å²) >= 11 is 0. The first kappa shape index (κ1) is 18.8. The summed E-state index contributed by atoms with van der Waals surface area (Å²) in [7, 11) is 0. The van der Waals surface area contributed by atoms with Gasteiger partial charge in [-0.25, -0.2) is 4.79 Å². The first-order chi connectivity index (χ1) is 12.6. The summed E-state index contributed by atoms with van der Waals surface area (Å²) in [4.78, 5) is 35.4. The van der Waals surface area contributed by atoms with Crippen molar-refractivity contribution in [3.8, 4) is 0 Å². The summed E-state index contributed by atoms with van der Waals surface area (Å²) in [6.07, 6.45) is 4.51. The van der Waals surface area contributed by atoms with Gasteiger partial charge in [0.1, 0.15) is 6.29 Å². The first-order valence-corrected chi connectivity index (χ1v) is 9.92. The van der Waals surface area contributed by atoms with Crippen LogP contribution in [0.1, 0.15) is 52.4 Å². The van der Waals surface area contributed by atoms with Crippen LogP contribution < -0.4 is 0 Å². The van der Waals surface area contributed by atoms with Crippen molar-refractivity contribution in [2.75, 3.05) is 0 Å². The zero-order valence-electron chi connectivity index (χ0n) is 15.9. The molecule has 4 aliphatic carbocycles. The summed E-state index contributed by atoms with van der Waals surface area (Å²) in [6, 6.07) is 0. The maximum Gasteiger partial charge on any atom is 0.336 e. The fraction of sp³-hybridized carbons (Fsp3) is 0.762. The van der Waals surface area contributed by atoms with E-state index in [9.17, 15) is 29.7 Å². The van der Waals surface area contributed by atoms with Crippen molar-refractivity contribution < 1.29 is 29.7 Å². The fourth-order valence-corrected chi connectivity index (χ4v) is 7.29. The number of carbonyl (C=O) groups excluding carboxylic acids is 2. The standard InChI is InChI=1S/C21H28O6/c1-19-8-11(10-22)15(23)7-12(19)3-4-13-14-5-6-21(27,18(25)26)20(14,2)9-16(24)17(13)19/h7,10-11,13-14,16-17,24,27H,3-6,8-9H2,1-2H3,(H,25,26). The van der Waals surface area contributed by atoms with Crippen molar-refractivity contribution in [1.82, 2.24) is 0 Å². The van der Waals surface area contributed by atoms with Crippen molar-refractivity contribution in [1.29, 1.82) is 0 Å². The second kappa shape index (κ2) is 5.74. The highest BCUT2D eigenvalue weighted by atomic mass is 16.4. The Morgan fingerprint density at radius 3 is 2.59 bits per heavy atom. The summed E-state index contributed by atoms with van der Waals surface area (Å²) in [5, 5.41) is 31.8. The van der Waals surface area contributed by atoms with Crippen LogP contribution in [0.15, 0.2) is 11.6 Å². The summed E-state index contributed by atoms with van der Waals surface area (Å²) in [6.45, 7) is 3.85. The number of ketones is 1. The highest BCUT2D eigenvalue weighted by Crippen LogP contribution is 2.67. The third-order valence-electron chi connectivity index (χ3n) is 8.67. The zero-order chi connectivity index (χ0) is 19.8. The van der Waals surface area contributed by atoms with Crippen LogP contribution in [0.3, 0.4) is 0 Å². The molecule has 0 saturated heterocycles. The minimum absolute atomic E-state index is 0.0117. The van der Waals surface area contributed by atoms with Gasteiger partial charge in [0.05, 0.1) is 12.0 Å². The van der Waals surface area contributed by atoms with Crippen LogP contribution in [-0.2, 0) is 14.4 Å². The Labute approximate surface area is 158 Å². The smallest absolute Gasteiger partial charge is 0.336 e. The Balaban J connectivity index is 1.76. The van der Waals surface area contributed by atoms with Crippen molar-refractivity contribution in [2.24, 2.45) is 34.5 Å². The Bertz CT molecular complexity index is 743. The molecule has 6 nitrogen and oxygen atoms in total. The Morgan fingerprint density at radius 1 is 1.26 bits per heavy atom. The molecule has 3 N–H and O–H groups in total. The third kappa shape index (κ3) is 2.23. The SMILES string of the molecule is CC12CC(C=O)C(=O)C=C1CCC1C2C(O)CC2(C)C1CCC2(O)C(=O)O. The van der Waals surface area contributed by atoms with Gasteiger partial charge in [0.15, 0.2) is 11.4 Å². The lowest BCUT2D eigenvalue weighted by Gasteiger charge is -2.60. The number of hydrogen-bond donors (Lipinski definition) is 3. The molecule has 0 amide bonds. The van der Waals surface area contributed by atoms with Gasteiger partial charge >= 0.3 is 5.97 Å². The molecular weight excluding hydrogens is 348 g/mol. The van der Waals surface area contributed by atoms with E-state index in [2.05, 4.69) is 0 Å². The quantitative estimate of drug-likeness (QED) is 0.500. The number of rotatable bonds is 2. The van der Waals surface area contributed by atoms with Crippen LogP contribution in [0.5, 0.6) is 0 Å². The topological polar surface area (TPSA) is 112 Å². The molecule has 0 radical (unpaired) electrons. The van der Waals surface area contributed by atoms with Crippen LogP contribution in [0.25, 0.3) is 0 Å². The van der Waals surface area contributed by atoms with Crippen molar-refractivity contribution in [3.63, 3.8) is 0 Å². The molecule has 4 aliphatic rings. The molecule has 3 saturated carbocycles. The number of aldehydes is 1. The monoisotopic (exact) mass is 376 g/mol. The van der Waals surface area contributed by atoms with Crippen molar-refractivity contribution >= 4 is 18.0 Å². The van der Waals surface area contributed by atoms with Gasteiger partial charge in [-0.3, -0.25) is 4.79 Å². The van der Waals surface area contributed by atoms with E-state index in [1.54, 1.807) is 6.08 Å². The number of fused-ring (bicyclic) bond motifs is 5. The lowest BCUT2D eigenvalue weighted by atomic mass is 9.45. The number of hydrogen-bond acceptors (Lipinski definition) is 5. The van der Waals surface area contributed by atoms with E-state index in [1.807, 2.05) is 13.8 Å². The van der Waals surface area contributed by atoms with Crippen LogP contribution in [0.2, 0.25) is 0 Å². The lowest BCUT2D eigenvalue weighted by molar-refractivity contribution is -0.195. The summed E-state index contributed by atoms with van der Waals surface area (Å²) in [5.74, 6) is -2.05. The molecule has 0 aromatic rings. The molecule has 0 bridgehead atoms. The maximum atomic E-state index is 12.2. The number of allylic oxidation sites excluding steroid dienone is 1. The van der Waals surface area contributed by atoms with Gasteiger partial charge in [-0.05, 0) is 67.8 Å². The molecule has 8 atom stereocenters. The molecule has 0 aliphatic heterocycles. The molecule has 0 aromatic carbocycles. The lowest BCUT2D eigenvalue weighted by Crippen LogP contribution is -2.62. The van der Waals surface area contributed by atoms with Gasteiger partial charge in [0, 0.05) is 5.41 Å². The fourth-order valence-electron chi connectivity index (χ4n) is 7.29. The largest absolute Gasteiger partial charge is 0.479 e. The van der Waals surface area contributed by atoms with Gasteiger partial charge in [0.25, 0.3) is 0 Å². The van der Waals surface area contributed by atoms with E-state index in [0.717, 1.165) is 18.4 Å². The average molecular weight is 376 g/mol. The number of carbonyl (C=O) groups is 3. The van der Waals surface area contributed by atoms with Gasteiger partial charge in [-0.15, -0.1) is 0 Å². The average Bonchev–Trinajstić information content (AvgIpc) is 2.87. The number of aliphatic hydroxyl groups excluding tert-OH is 1. The van der Waals surface area contributed by atoms with Gasteiger partial charge in [0.2, 0.25) is 0 Å². The first-order valence-electron chi connectivity index (χ1n) is 9.92. The molecule has 4 rings (SSSR count). The summed E-state index contributed by atoms with van der Waals surface area (Å²) in [5.41, 5.74) is -2.10. The molecule has 3 fully saturated rings. The van der Waals surface area contributed by atoms with Crippen LogP contribution in [-0.4, -0.2) is 45.1 Å².